The zero-order chi connectivity index (χ0) is 11.9. The highest BCUT2D eigenvalue weighted by atomic mass is 35.5. The first-order chi connectivity index (χ1) is 7.52. The van der Waals surface area contributed by atoms with E-state index >= 15 is 0 Å². The van der Waals surface area contributed by atoms with Crippen LogP contribution in [0.2, 0.25) is 5.02 Å². The summed E-state index contributed by atoms with van der Waals surface area (Å²) in [6.07, 6.45) is 1.51. The quantitative estimate of drug-likeness (QED) is 0.832. The smallest absolute Gasteiger partial charge is 0.135 e. The Bertz CT molecular complexity index is 548. The number of aryl methyl sites for hydroxylation is 2. The first-order valence-corrected chi connectivity index (χ1v) is 5.12. The Kier molecular flexibility index (Phi) is 2.59. The highest BCUT2D eigenvalue weighted by molar-refractivity contribution is 6.33. The van der Waals surface area contributed by atoms with Crippen molar-refractivity contribution in [3.05, 3.63) is 34.7 Å². The Morgan fingerprint density at radius 2 is 2.12 bits per heavy atom. The maximum atomic E-state index is 14.0. The van der Waals surface area contributed by atoms with Crippen molar-refractivity contribution in [2.75, 3.05) is 5.73 Å². The maximum absolute atomic E-state index is 14.0. The molecule has 0 aliphatic heterocycles. The van der Waals surface area contributed by atoms with E-state index in [0.717, 1.165) is 0 Å². The summed E-state index contributed by atoms with van der Waals surface area (Å²) in [4.78, 5) is 0. The Labute approximate surface area is 97.6 Å². The topological polar surface area (TPSA) is 43.8 Å². The van der Waals surface area contributed by atoms with Crippen molar-refractivity contribution in [2.45, 2.75) is 6.92 Å². The van der Waals surface area contributed by atoms with Crippen molar-refractivity contribution in [3.63, 3.8) is 0 Å². The number of aromatic nitrogens is 2. The molecule has 2 N–H and O–H groups in total. The van der Waals surface area contributed by atoms with Crippen molar-refractivity contribution in [1.82, 2.24) is 9.78 Å². The van der Waals surface area contributed by atoms with Crippen LogP contribution in [0.15, 0.2) is 18.3 Å². The summed E-state index contributed by atoms with van der Waals surface area (Å²) in [7, 11) is 1.69. The zero-order valence-corrected chi connectivity index (χ0v) is 9.72. The first-order valence-electron chi connectivity index (χ1n) is 4.75. The van der Waals surface area contributed by atoms with Crippen molar-refractivity contribution in [3.8, 4) is 11.1 Å². The van der Waals surface area contributed by atoms with E-state index in [1.54, 1.807) is 26.1 Å². The molecule has 0 amide bonds. The Hall–Kier alpha value is -1.55. The molecule has 2 rings (SSSR count). The molecule has 0 fully saturated rings. The van der Waals surface area contributed by atoms with E-state index in [9.17, 15) is 4.39 Å². The lowest BCUT2D eigenvalue weighted by atomic mass is 10.0. The molecule has 0 unspecified atom stereocenters. The van der Waals surface area contributed by atoms with Crippen LogP contribution in [0.3, 0.4) is 0 Å². The van der Waals surface area contributed by atoms with Crippen molar-refractivity contribution in [1.29, 1.82) is 0 Å². The third-order valence-electron chi connectivity index (χ3n) is 2.54. The van der Waals surface area contributed by atoms with Gasteiger partial charge in [0.1, 0.15) is 11.6 Å². The molecule has 16 heavy (non-hydrogen) atoms. The minimum atomic E-state index is -0.354. The van der Waals surface area contributed by atoms with Gasteiger partial charge in [-0.25, -0.2) is 4.39 Å². The number of nitrogens with zero attached hydrogens (tertiary/aromatic N) is 2. The average Bonchev–Trinajstić information content (AvgIpc) is 2.56. The second-order valence-corrected chi connectivity index (χ2v) is 4.03. The second kappa shape index (κ2) is 3.79. The molecule has 1 heterocycles. The second-order valence-electron chi connectivity index (χ2n) is 3.62. The minimum absolute atomic E-state index is 0.312. The number of nitrogen functional groups attached to an aromatic ring is 1. The molecule has 3 nitrogen and oxygen atoms in total. The van der Waals surface area contributed by atoms with E-state index < -0.39 is 0 Å². The first kappa shape index (κ1) is 11.0. The van der Waals surface area contributed by atoms with Gasteiger partial charge in [0.25, 0.3) is 0 Å². The normalized spacial score (nSPS) is 10.8. The van der Waals surface area contributed by atoms with Crippen LogP contribution in [0.1, 0.15) is 5.56 Å². The molecular formula is C11H11ClFN3. The van der Waals surface area contributed by atoms with Crippen LogP contribution in [-0.2, 0) is 7.05 Å². The van der Waals surface area contributed by atoms with Crippen LogP contribution < -0.4 is 5.73 Å². The summed E-state index contributed by atoms with van der Waals surface area (Å²) in [6.45, 7) is 1.68. The lowest BCUT2D eigenvalue weighted by Gasteiger charge is -2.07. The predicted molar refractivity (Wildman–Crippen MR) is 62.8 cm³/mol. The summed E-state index contributed by atoms with van der Waals surface area (Å²) in [6, 6.07) is 3.29. The van der Waals surface area contributed by atoms with E-state index in [1.807, 2.05) is 0 Å². The van der Waals surface area contributed by atoms with Gasteiger partial charge < -0.3 is 5.73 Å². The number of halogens is 2. The molecule has 0 bridgehead atoms. The van der Waals surface area contributed by atoms with Gasteiger partial charge in [-0.2, -0.15) is 5.10 Å². The van der Waals surface area contributed by atoms with Crippen LogP contribution >= 0.6 is 11.6 Å². The molecule has 1 aromatic carbocycles. The molecule has 0 aliphatic carbocycles. The number of nitrogens with two attached hydrogens (primary N) is 1. The highest BCUT2D eigenvalue weighted by Gasteiger charge is 2.16. The average molecular weight is 240 g/mol. The molecular weight excluding hydrogens is 229 g/mol. The number of rotatable bonds is 1. The van der Waals surface area contributed by atoms with Gasteiger partial charge in [-0.3, -0.25) is 4.68 Å². The Balaban J connectivity index is 2.73. The van der Waals surface area contributed by atoms with Crippen molar-refractivity contribution in [2.24, 2.45) is 7.05 Å². The van der Waals surface area contributed by atoms with E-state index in [4.69, 9.17) is 17.3 Å². The standard InChI is InChI=1S/C11H11ClFN3/c1-6-3-4-8(12)9(10(6)13)7-5-15-16(2)11(7)14/h3-5H,14H2,1-2H3. The number of benzene rings is 1. The number of hydrogen-bond donors (Lipinski definition) is 1. The molecule has 5 heteroatoms. The fourth-order valence-electron chi connectivity index (χ4n) is 1.54. The summed E-state index contributed by atoms with van der Waals surface area (Å²) in [5.74, 6) is 0.0404. The molecule has 0 radical (unpaired) electrons. The molecule has 2 aromatic rings. The fraction of sp³-hybridized carbons (Fsp3) is 0.182. The molecule has 1 aromatic heterocycles. The summed E-state index contributed by atoms with van der Waals surface area (Å²) < 4.78 is 15.4. The number of hydrogen-bond acceptors (Lipinski definition) is 2. The van der Waals surface area contributed by atoms with Gasteiger partial charge in [-0.05, 0) is 18.6 Å². The van der Waals surface area contributed by atoms with Gasteiger partial charge in [0.2, 0.25) is 0 Å². The molecule has 0 atom stereocenters. The largest absolute Gasteiger partial charge is 0.383 e. The summed E-state index contributed by atoms with van der Waals surface area (Å²) in [5.41, 5.74) is 7.16. The zero-order valence-electron chi connectivity index (χ0n) is 8.96. The van der Waals surface area contributed by atoms with Crippen molar-refractivity contribution >= 4 is 17.4 Å². The van der Waals surface area contributed by atoms with E-state index in [1.165, 1.54) is 10.9 Å². The highest BCUT2D eigenvalue weighted by Crippen LogP contribution is 2.35. The number of anilines is 1. The lowest BCUT2D eigenvalue weighted by molar-refractivity contribution is 0.622. The van der Waals surface area contributed by atoms with E-state index in [-0.39, 0.29) is 5.82 Å². The van der Waals surface area contributed by atoms with Crippen LogP contribution in [0.25, 0.3) is 11.1 Å². The molecule has 0 spiro atoms. The maximum Gasteiger partial charge on any atom is 0.135 e. The molecule has 0 saturated heterocycles. The lowest BCUT2D eigenvalue weighted by Crippen LogP contribution is -1.99. The monoisotopic (exact) mass is 239 g/mol. The summed E-state index contributed by atoms with van der Waals surface area (Å²) in [5, 5.41) is 4.31. The predicted octanol–water partition coefficient (Wildman–Crippen LogP) is 2.77. The van der Waals surface area contributed by atoms with E-state index in [2.05, 4.69) is 5.10 Å². The molecule has 0 saturated carbocycles. The SMILES string of the molecule is Cc1ccc(Cl)c(-c2cnn(C)c2N)c1F. The van der Waals surface area contributed by atoms with Gasteiger partial charge in [-0.15, -0.1) is 0 Å². The summed E-state index contributed by atoms with van der Waals surface area (Å²) >= 11 is 5.98. The van der Waals surface area contributed by atoms with Gasteiger partial charge in [-0.1, -0.05) is 17.7 Å². The van der Waals surface area contributed by atoms with Gasteiger partial charge in [0, 0.05) is 18.2 Å². The van der Waals surface area contributed by atoms with Gasteiger partial charge in [0.05, 0.1) is 11.2 Å². The minimum Gasteiger partial charge on any atom is -0.383 e. The van der Waals surface area contributed by atoms with Gasteiger partial charge in [0.15, 0.2) is 0 Å². The fourth-order valence-corrected chi connectivity index (χ4v) is 1.79. The molecule has 84 valence electrons. The van der Waals surface area contributed by atoms with Crippen LogP contribution in [0, 0.1) is 12.7 Å². The Morgan fingerprint density at radius 3 is 2.69 bits per heavy atom. The van der Waals surface area contributed by atoms with Crippen LogP contribution in [-0.4, -0.2) is 9.78 Å². The van der Waals surface area contributed by atoms with Crippen LogP contribution in [0.5, 0.6) is 0 Å². The van der Waals surface area contributed by atoms with Crippen molar-refractivity contribution < 1.29 is 4.39 Å². The third-order valence-corrected chi connectivity index (χ3v) is 2.85. The van der Waals surface area contributed by atoms with Gasteiger partial charge >= 0.3 is 0 Å². The Morgan fingerprint density at radius 1 is 1.44 bits per heavy atom. The molecule has 0 aliphatic rings. The van der Waals surface area contributed by atoms with E-state index in [0.29, 0.717) is 27.5 Å². The van der Waals surface area contributed by atoms with Crippen LogP contribution in [0.4, 0.5) is 10.2 Å². The third kappa shape index (κ3) is 1.55.